The zero-order chi connectivity index (χ0) is 29.0. The summed E-state index contributed by atoms with van der Waals surface area (Å²) in [7, 11) is 3.00. The highest BCUT2D eigenvalue weighted by atomic mass is 35.5. The van der Waals surface area contributed by atoms with Gasteiger partial charge < -0.3 is 19.5 Å². The summed E-state index contributed by atoms with van der Waals surface area (Å²) in [5.41, 5.74) is 0.807. The van der Waals surface area contributed by atoms with E-state index < -0.39 is 5.91 Å². The predicted octanol–water partition coefficient (Wildman–Crippen LogP) is 9.43. The molecule has 6 nitrogen and oxygen atoms in total. The van der Waals surface area contributed by atoms with Crippen molar-refractivity contribution in [3.05, 3.63) is 47.0 Å². The number of rotatable bonds is 22. The fourth-order valence-electron chi connectivity index (χ4n) is 4.62. The minimum absolute atomic E-state index is 0.285. The van der Waals surface area contributed by atoms with E-state index in [2.05, 4.69) is 12.2 Å². The Kier molecular flexibility index (Phi) is 16.9. The molecule has 40 heavy (non-hydrogen) atoms. The lowest BCUT2D eigenvalue weighted by atomic mass is 10.0. The van der Waals surface area contributed by atoms with Gasteiger partial charge in [0, 0.05) is 17.7 Å². The number of methoxy groups -OCH3 is 2. The quantitative estimate of drug-likeness (QED) is 0.0862. The van der Waals surface area contributed by atoms with Crippen LogP contribution in [0.3, 0.4) is 0 Å². The van der Waals surface area contributed by atoms with E-state index in [4.69, 9.17) is 25.8 Å². The number of halogens is 1. The van der Waals surface area contributed by atoms with E-state index in [-0.39, 0.29) is 12.2 Å². The first kappa shape index (κ1) is 33.5. The predicted molar refractivity (Wildman–Crippen MR) is 164 cm³/mol. The molecule has 2 rings (SSSR count). The summed E-state index contributed by atoms with van der Waals surface area (Å²) in [6.45, 7) is 2.93. The van der Waals surface area contributed by atoms with Gasteiger partial charge in [-0.1, -0.05) is 102 Å². The summed E-state index contributed by atoms with van der Waals surface area (Å²) in [5, 5.41) is 2.96. The van der Waals surface area contributed by atoms with Crippen molar-refractivity contribution in [2.45, 2.75) is 103 Å². The van der Waals surface area contributed by atoms with Crippen LogP contribution in [0.15, 0.2) is 36.4 Å². The van der Waals surface area contributed by atoms with Crippen LogP contribution in [0.25, 0.3) is 0 Å². The molecule has 0 unspecified atom stereocenters. The van der Waals surface area contributed by atoms with E-state index in [1.165, 1.54) is 97.7 Å². The van der Waals surface area contributed by atoms with Crippen LogP contribution >= 0.6 is 11.6 Å². The lowest BCUT2D eigenvalue weighted by Crippen LogP contribution is -2.17. The van der Waals surface area contributed by atoms with Crippen LogP contribution < -0.4 is 19.5 Å². The van der Waals surface area contributed by atoms with Gasteiger partial charge in [0.2, 0.25) is 5.91 Å². The topological polar surface area (TPSA) is 73.9 Å². The molecule has 0 radical (unpaired) electrons. The fourth-order valence-corrected chi connectivity index (χ4v) is 4.82. The molecule has 0 saturated heterocycles. The van der Waals surface area contributed by atoms with Gasteiger partial charge in [-0.25, -0.2) is 0 Å². The molecule has 0 aromatic heterocycles. The molecule has 0 aliphatic rings. The van der Waals surface area contributed by atoms with Gasteiger partial charge in [0.1, 0.15) is 5.75 Å². The summed E-state index contributed by atoms with van der Waals surface area (Å²) in [4.78, 5) is 25.0. The smallest absolute Gasteiger partial charge is 0.232 e. The van der Waals surface area contributed by atoms with Gasteiger partial charge in [0.05, 0.1) is 38.0 Å². The number of amides is 1. The number of ether oxygens (including phenoxy) is 3. The maximum Gasteiger partial charge on any atom is 0.232 e. The van der Waals surface area contributed by atoms with Gasteiger partial charge in [-0.15, -0.1) is 0 Å². The van der Waals surface area contributed by atoms with Gasteiger partial charge in [-0.3, -0.25) is 9.59 Å². The van der Waals surface area contributed by atoms with Crippen LogP contribution in [0.1, 0.15) is 114 Å². The third-order valence-corrected chi connectivity index (χ3v) is 7.32. The minimum Gasteiger partial charge on any atom is -0.494 e. The number of carbonyl (C=O) groups is 2. The first-order chi connectivity index (χ1) is 19.5. The summed E-state index contributed by atoms with van der Waals surface area (Å²) < 4.78 is 16.3. The Morgan fingerprint density at radius 2 is 1.23 bits per heavy atom. The van der Waals surface area contributed by atoms with Crippen LogP contribution in [0.5, 0.6) is 17.2 Å². The lowest BCUT2D eigenvalue weighted by Gasteiger charge is -2.12. The summed E-state index contributed by atoms with van der Waals surface area (Å²) in [6.07, 6.45) is 18.3. The average molecular weight is 574 g/mol. The van der Waals surface area contributed by atoms with E-state index >= 15 is 0 Å². The van der Waals surface area contributed by atoms with Gasteiger partial charge in [-0.05, 0) is 30.7 Å². The normalized spacial score (nSPS) is 10.8. The van der Waals surface area contributed by atoms with Crippen molar-refractivity contribution in [3.63, 3.8) is 0 Å². The number of unbranched alkanes of at least 4 members (excludes halogenated alkanes) is 13. The molecule has 0 aliphatic carbocycles. The molecule has 0 atom stereocenters. The molecule has 1 N–H and O–H groups in total. The number of nitrogens with one attached hydrogen (secondary N) is 1. The second kappa shape index (κ2) is 20.2. The van der Waals surface area contributed by atoms with Gasteiger partial charge in [-0.2, -0.15) is 0 Å². The average Bonchev–Trinajstić information content (AvgIpc) is 2.96. The molecule has 2 aromatic rings. The van der Waals surface area contributed by atoms with E-state index in [0.717, 1.165) is 12.2 Å². The molecule has 0 spiro atoms. The number of Topliss-reactive ketones (excluding diaryl/α,β-unsaturated/α-hetero) is 1. The Labute approximate surface area is 246 Å². The third kappa shape index (κ3) is 13.1. The Morgan fingerprint density at radius 1 is 0.725 bits per heavy atom. The van der Waals surface area contributed by atoms with Gasteiger partial charge >= 0.3 is 0 Å². The Bertz CT molecular complexity index is 1010. The van der Waals surface area contributed by atoms with Crippen LogP contribution in [-0.4, -0.2) is 32.5 Å². The number of benzene rings is 2. The van der Waals surface area contributed by atoms with Crippen LogP contribution in [0.2, 0.25) is 5.02 Å². The third-order valence-electron chi connectivity index (χ3n) is 7.01. The molecule has 0 bridgehead atoms. The Hall–Kier alpha value is -2.73. The maximum absolute atomic E-state index is 12.6. The van der Waals surface area contributed by atoms with Crippen LogP contribution in [0.4, 0.5) is 5.69 Å². The molecular weight excluding hydrogens is 526 g/mol. The largest absolute Gasteiger partial charge is 0.494 e. The first-order valence-electron chi connectivity index (χ1n) is 15.0. The number of hydrogen-bond donors (Lipinski definition) is 1. The fraction of sp³-hybridized carbons (Fsp3) is 0.576. The molecule has 1 amide bonds. The van der Waals surface area contributed by atoms with Crippen molar-refractivity contribution in [2.75, 3.05) is 26.1 Å². The van der Waals surface area contributed by atoms with Crippen molar-refractivity contribution >= 4 is 29.0 Å². The minimum atomic E-state index is -0.461. The summed E-state index contributed by atoms with van der Waals surface area (Å²) in [6, 6.07) is 10.1. The van der Waals surface area contributed by atoms with E-state index in [1.54, 1.807) is 36.4 Å². The Morgan fingerprint density at radius 3 is 1.75 bits per heavy atom. The van der Waals surface area contributed by atoms with Crippen molar-refractivity contribution in [2.24, 2.45) is 0 Å². The van der Waals surface area contributed by atoms with Crippen LogP contribution in [0, 0.1) is 0 Å². The second-order valence-electron chi connectivity index (χ2n) is 10.3. The number of anilines is 1. The number of carbonyl (C=O) groups excluding carboxylic acids is 2. The first-order valence-corrected chi connectivity index (χ1v) is 15.3. The SMILES string of the molecule is CCCCCCCCCCCCCCCCOc1ccc(C(=O)CC(=O)Nc2cc(OC)c(OC)cc2Cl)cc1. The molecule has 0 saturated carbocycles. The van der Waals surface area contributed by atoms with Gasteiger partial charge in [0.25, 0.3) is 0 Å². The van der Waals surface area contributed by atoms with E-state index in [9.17, 15) is 9.59 Å². The highest BCUT2D eigenvalue weighted by Gasteiger charge is 2.16. The second-order valence-corrected chi connectivity index (χ2v) is 10.7. The lowest BCUT2D eigenvalue weighted by molar-refractivity contribution is -0.115. The van der Waals surface area contributed by atoms with Crippen molar-refractivity contribution < 1.29 is 23.8 Å². The highest BCUT2D eigenvalue weighted by molar-refractivity contribution is 6.34. The molecule has 222 valence electrons. The maximum atomic E-state index is 12.6. The van der Waals surface area contributed by atoms with Crippen molar-refractivity contribution in [1.82, 2.24) is 0 Å². The van der Waals surface area contributed by atoms with E-state index in [0.29, 0.717) is 34.4 Å². The zero-order valence-corrected chi connectivity index (χ0v) is 25.5. The Balaban J connectivity index is 1.57. The van der Waals surface area contributed by atoms with Crippen molar-refractivity contribution in [3.8, 4) is 17.2 Å². The molecular formula is C33H48ClNO5. The molecule has 0 fully saturated rings. The number of ketones is 1. The standard InChI is InChI=1S/C33H48ClNO5/c1-4-5-6-7-8-9-10-11-12-13-14-15-16-17-22-40-27-20-18-26(19-21-27)30(36)25-33(37)35-29-24-32(39-3)31(38-2)23-28(29)34/h18-21,23-24H,4-17,22,25H2,1-3H3,(H,35,37). The monoisotopic (exact) mass is 573 g/mol. The number of hydrogen-bond acceptors (Lipinski definition) is 5. The molecule has 2 aromatic carbocycles. The van der Waals surface area contributed by atoms with Crippen molar-refractivity contribution in [1.29, 1.82) is 0 Å². The molecule has 0 aliphatic heterocycles. The van der Waals surface area contributed by atoms with Gasteiger partial charge in [0.15, 0.2) is 17.3 Å². The molecule has 7 heteroatoms. The molecule has 0 heterocycles. The zero-order valence-electron chi connectivity index (χ0n) is 24.7. The summed E-state index contributed by atoms with van der Waals surface area (Å²) in [5.74, 6) is 0.865. The van der Waals surface area contributed by atoms with E-state index in [1.807, 2.05) is 0 Å². The van der Waals surface area contributed by atoms with Crippen LogP contribution in [-0.2, 0) is 4.79 Å². The summed E-state index contributed by atoms with van der Waals surface area (Å²) >= 11 is 6.22. The highest BCUT2D eigenvalue weighted by Crippen LogP contribution is 2.36.